The van der Waals surface area contributed by atoms with Crippen molar-refractivity contribution in [1.29, 1.82) is 0 Å². The van der Waals surface area contributed by atoms with Crippen LogP contribution < -0.4 is 26.4 Å². The molecule has 1 heterocycles. The summed E-state index contributed by atoms with van der Waals surface area (Å²) in [7, 11) is 0. The lowest BCUT2D eigenvalue weighted by Crippen LogP contribution is -2.39. The maximum Gasteiger partial charge on any atom is 0.262 e. The van der Waals surface area contributed by atoms with Gasteiger partial charge in [0.15, 0.2) is 11.7 Å². The van der Waals surface area contributed by atoms with Crippen molar-refractivity contribution >= 4 is 62.9 Å². The lowest BCUT2D eigenvalue weighted by molar-refractivity contribution is -0.119. The molecule has 0 saturated carbocycles. The Morgan fingerprint density at radius 1 is 1.05 bits per heavy atom. The van der Waals surface area contributed by atoms with E-state index in [-0.39, 0.29) is 28.3 Å². The average Bonchev–Trinajstić information content (AvgIpc) is 3.30. The van der Waals surface area contributed by atoms with Gasteiger partial charge < -0.3 is 26.4 Å². The number of hydrogen-bond acceptors (Lipinski definition) is 8. The molecule has 1 unspecified atom stereocenters. The maximum absolute atomic E-state index is 13.5. The number of primary amides is 1. The number of hydrogen-bond donors (Lipinski definition) is 3. The van der Waals surface area contributed by atoms with Gasteiger partial charge in [0.25, 0.3) is 5.91 Å². The molecular weight excluding hydrogens is 545 g/mol. The van der Waals surface area contributed by atoms with Crippen LogP contribution in [0.5, 0.6) is 5.75 Å². The van der Waals surface area contributed by atoms with Gasteiger partial charge in [-0.05, 0) is 79.7 Å². The van der Waals surface area contributed by atoms with E-state index >= 15 is 0 Å². The summed E-state index contributed by atoms with van der Waals surface area (Å²) < 4.78 is 19.0. The molecule has 5 N–H and O–H groups in total. The van der Waals surface area contributed by atoms with Crippen LogP contribution in [0.25, 0.3) is 0 Å². The number of ether oxygens (including phenoxy) is 1. The zero-order valence-electron chi connectivity index (χ0n) is 20.6. The molecule has 0 aliphatic heterocycles. The van der Waals surface area contributed by atoms with E-state index in [1.165, 1.54) is 41.3 Å². The number of anilines is 4. The number of nitrogens with one attached hydrogen (secondary N) is 1. The Hall–Kier alpha value is -4.48. The first-order chi connectivity index (χ1) is 18.6. The Bertz CT molecular complexity index is 1490. The van der Waals surface area contributed by atoms with Crippen LogP contribution in [-0.4, -0.2) is 35.2 Å². The van der Waals surface area contributed by atoms with Gasteiger partial charge in [-0.1, -0.05) is 22.9 Å². The molecule has 0 bridgehead atoms. The maximum atomic E-state index is 13.5. The number of carbonyl (C=O) groups excluding carboxylic acids is 3. The zero-order chi connectivity index (χ0) is 28.1. The minimum Gasteiger partial charge on any atom is -0.484 e. The van der Waals surface area contributed by atoms with E-state index in [4.69, 9.17) is 27.8 Å². The molecule has 4 rings (SSSR count). The first-order valence-corrected chi connectivity index (χ1v) is 12.7. The monoisotopic (exact) mass is 567 g/mol. The molecule has 0 saturated heterocycles. The number of nitrogens with zero attached hydrogens (tertiary/aromatic N) is 2. The van der Waals surface area contributed by atoms with E-state index in [2.05, 4.69) is 10.3 Å². The van der Waals surface area contributed by atoms with Crippen LogP contribution in [0.1, 0.15) is 22.2 Å². The van der Waals surface area contributed by atoms with E-state index in [0.717, 1.165) is 11.3 Å². The van der Waals surface area contributed by atoms with Crippen molar-refractivity contribution in [2.45, 2.75) is 13.0 Å². The van der Waals surface area contributed by atoms with Crippen LogP contribution in [0.2, 0.25) is 5.02 Å². The number of rotatable bonds is 10. The summed E-state index contributed by atoms with van der Waals surface area (Å²) in [6.45, 7) is 1.33. The number of thiazole rings is 1. The molecule has 0 fully saturated rings. The van der Waals surface area contributed by atoms with Crippen molar-refractivity contribution < 1.29 is 23.5 Å². The first kappa shape index (κ1) is 27.6. The minimum atomic E-state index is -0.850. The number of amides is 2. The lowest BCUT2D eigenvalue weighted by atomic mass is 10.1. The normalized spacial score (nSPS) is 11.5. The van der Waals surface area contributed by atoms with Crippen molar-refractivity contribution in [3.63, 3.8) is 0 Å². The molecular formula is C27H23ClFN5O4S. The highest BCUT2D eigenvalue weighted by Crippen LogP contribution is 2.36. The number of aromatic nitrogens is 1. The van der Waals surface area contributed by atoms with Crippen molar-refractivity contribution in [1.82, 2.24) is 4.98 Å². The molecule has 0 spiro atoms. The Balaban J connectivity index is 1.46. The third-order valence-electron chi connectivity index (χ3n) is 5.57. The summed E-state index contributed by atoms with van der Waals surface area (Å²) in [6.07, 6.45) is 0. The van der Waals surface area contributed by atoms with E-state index < -0.39 is 23.5 Å². The lowest BCUT2D eigenvalue weighted by Gasteiger charge is -2.26. The summed E-state index contributed by atoms with van der Waals surface area (Å²) in [4.78, 5) is 43.3. The molecule has 0 radical (unpaired) electrons. The van der Waals surface area contributed by atoms with Gasteiger partial charge in [0.05, 0.1) is 0 Å². The van der Waals surface area contributed by atoms with E-state index in [9.17, 15) is 18.8 Å². The van der Waals surface area contributed by atoms with Gasteiger partial charge >= 0.3 is 0 Å². The number of nitrogens with two attached hydrogens (primary N) is 2. The molecule has 1 aromatic heterocycles. The fourth-order valence-corrected chi connectivity index (χ4v) is 4.70. The van der Waals surface area contributed by atoms with Gasteiger partial charge in [-0.15, -0.1) is 0 Å². The second-order valence-electron chi connectivity index (χ2n) is 8.33. The third-order valence-corrected chi connectivity index (χ3v) is 6.89. The van der Waals surface area contributed by atoms with Crippen molar-refractivity contribution in [2.75, 3.05) is 22.6 Å². The van der Waals surface area contributed by atoms with Gasteiger partial charge in [0.1, 0.15) is 28.3 Å². The van der Waals surface area contributed by atoms with Crippen LogP contribution in [0.15, 0.2) is 72.8 Å². The minimum absolute atomic E-state index is 0.0250. The summed E-state index contributed by atoms with van der Waals surface area (Å²) in [6, 6.07) is 17.4. The predicted octanol–water partition coefficient (Wildman–Crippen LogP) is 4.78. The molecule has 1 atom stereocenters. The Labute approximate surface area is 232 Å². The van der Waals surface area contributed by atoms with Crippen molar-refractivity contribution in [3.05, 3.63) is 94.1 Å². The first-order valence-electron chi connectivity index (χ1n) is 11.6. The highest BCUT2D eigenvalue weighted by molar-refractivity contribution is 7.18. The fourth-order valence-electron chi connectivity index (χ4n) is 3.53. The van der Waals surface area contributed by atoms with Gasteiger partial charge in [0, 0.05) is 22.0 Å². The number of ketones is 1. The number of carbonyl (C=O) groups is 3. The summed E-state index contributed by atoms with van der Waals surface area (Å²) in [5.74, 6) is -1.49. The SMILES string of the molecule is CC(C(N)=O)N(c1ccc(F)cc1)c1nc(N)c(C(=O)c2ccc(OCC(=O)Nc3ccc(Cl)cc3)cc2)s1. The number of nitrogen functional groups attached to an aromatic ring is 1. The molecule has 4 aromatic rings. The standard InChI is InChI=1S/C27H23ClFN5O4S/c1-15(26(31)37)34(20-10-6-18(29)7-11-20)27-33-25(30)24(39-27)23(36)16-2-12-21(13-3-16)38-14-22(35)32-19-8-4-17(28)5-9-19/h2-13,15H,14,30H2,1H3,(H2,31,37)(H,32,35). The quantitative estimate of drug-likeness (QED) is 0.234. The molecule has 9 nitrogen and oxygen atoms in total. The van der Waals surface area contributed by atoms with E-state index in [1.54, 1.807) is 43.3 Å². The fraction of sp³-hybridized carbons (Fsp3) is 0.111. The second kappa shape index (κ2) is 11.9. The molecule has 2 amide bonds. The van der Waals surface area contributed by atoms with Gasteiger partial charge in [-0.25, -0.2) is 9.37 Å². The zero-order valence-corrected chi connectivity index (χ0v) is 22.1. The third kappa shape index (κ3) is 6.70. The van der Waals surface area contributed by atoms with Crippen LogP contribution in [0.3, 0.4) is 0 Å². The van der Waals surface area contributed by atoms with Crippen molar-refractivity contribution in [3.8, 4) is 5.75 Å². The summed E-state index contributed by atoms with van der Waals surface area (Å²) in [5, 5.41) is 3.50. The molecule has 39 heavy (non-hydrogen) atoms. The van der Waals surface area contributed by atoms with Crippen LogP contribution in [0.4, 0.5) is 26.7 Å². The molecule has 200 valence electrons. The highest BCUT2D eigenvalue weighted by atomic mass is 35.5. The van der Waals surface area contributed by atoms with Gasteiger partial charge in [-0.2, -0.15) is 0 Å². The van der Waals surface area contributed by atoms with Crippen molar-refractivity contribution in [2.24, 2.45) is 5.73 Å². The Morgan fingerprint density at radius 3 is 2.31 bits per heavy atom. The molecule has 0 aliphatic carbocycles. The van der Waals surface area contributed by atoms with E-state index in [0.29, 0.717) is 27.7 Å². The number of halogens is 2. The van der Waals surface area contributed by atoms with Crippen LogP contribution in [0, 0.1) is 5.82 Å². The molecule has 3 aromatic carbocycles. The summed E-state index contributed by atoms with van der Waals surface area (Å²) >= 11 is 6.82. The second-order valence-corrected chi connectivity index (χ2v) is 9.75. The predicted molar refractivity (Wildman–Crippen MR) is 149 cm³/mol. The molecule has 0 aliphatic rings. The average molecular weight is 568 g/mol. The number of benzene rings is 3. The smallest absolute Gasteiger partial charge is 0.262 e. The van der Waals surface area contributed by atoms with Gasteiger partial charge in [0.2, 0.25) is 11.7 Å². The van der Waals surface area contributed by atoms with Crippen LogP contribution in [-0.2, 0) is 9.59 Å². The highest BCUT2D eigenvalue weighted by Gasteiger charge is 2.27. The van der Waals surface area contributed by atoms with Crippen LogP contribution >= 0.6 is 22.9 Å². The molecule has 12 heteroatoms. The topological polar surface area (TPSA) is 141 Å². The van der Waals surface area contributed by atoms with E-state index in [1.807, 2.05) is 0 Å². The van der Waals surface area contributed by atoms with Gasteiger partial charge in [-0.3, -0.25) is 14.4 Å². The summed E-state index contributed by atoms with van der Waals surface area (Å²) in [5.41, 5.74) is 12.9. The largest absolute Gasteiger partial charge is 0.484 e. The Morgan fingerprint density at radius 2 is 1.69 bits per heavy atom. The Kier molecular flexibility index (Phi) is 8.43.